The van der Waals surface area contributed by atoms with Crippen molar-refractivity contribution in [3.8, 4) is 11.1 Å². The summed E-state index contributed by atoms with van der Waals surface area (Å²) in [6.45, 7) is 1.13. The molecule has 5 nitrogen and oxygen atoms in total. The number of carbonyl (C=O) groups is 2. The van der Waals surface area contributed by atoms with Crippen LogP contribution in [0.2, 0.25) is 0 Å². The van der Waals surface area contributed by atoms with Crippen LogP contribution in [0.1, 0.15) is 29.6 Å². The minimum atomic E-state index is -0.959. The largest absolute Gasteiger partial charge is 0.392 e. The van der Waals surface area contributed by atoms with E-state index in [9.17, 15) is 19.1 Å². The molecule has 2 saturated heterocycles. The van der Waals surface area contributed by atoms with Crippen LogP contribution in [0.15, 0.2) is 48.5 Å². The van der Waals surface area contributed by atoms with Crippen molar-refractivity contribution >= 4 is 11.8 Å². The van der Waals surface area contributed by atoms with Crippen molar-refractivity contribution in [3.63, 3.8) is 0 Å². The minimum Gasteiger partial charge on any atom is -0.392 e. The molecule has 0 radical (unpaired) electrons. The molecule has 2 aliphatic heterocycles. The number of carbonyl (C=O) groups excluding carboxylic acids is 2. The number of piperidine rings is 2. The molecule has 6 heteroatoms. The van der Waals surface area contributed by atoms with E-state index >= 15 is 0 Å². The number of hydrogen-bond donors (Lipinski definition) is 2. The number of hydrogen-bond acceptors (Lipinski definition) is 3. The van der Waals surface area contributed by atoms with Crippen LogP contribution in [0.5, 0.6) is 0 Å². The standard InChI is InChI=1S/C22H23FN2O3/c23-18-9-4-3-7-16(18)15-6-1-2-8-17(15)20(27)25-13-10-19(26)22(14-25)11-5-12-24-21(22)28/h1-4,6-9,19,26H,5,10-14H2,(H,24,28)/t19-,22+/m0/s1. The summed E-state index contributed by atoms with van der Waals surface area (Å²) in [4.78, 5) is 27.5. The molecule has 2 heterocycles. The van der Waals surface area contributed by atoms with Crippen LogP contribution in [0.25, 0.3) is 11.1 Å². The quantitative estimate of drug-likeness (QED) is 0.839. The Balaban J connectivity index is 1.67. The first-order chi connectivity index (χ1) is 13.5. The van der Waals surface area contributed by atoms with Crippen LogP contribution >= 0.6 is 0 Å². The second-order valence-electron chi connectivity index (χ2n) is 7.57. The molecule has 2 atom stereocenters. The third-order valence-corrected chi connectivity index (χ3v) is 5.93. The van der Waals surface area contributed by atoms with Gasteiger partial charge in [-0.3, -0.25) is 9.59 Å². The van der Waals surface area contributed by atoms with E-state index in [1.165, 1.54) is 6.07 Å². The summed E-state index contributed by atoms with van der Waals surface area (Å²) >= 11 is 0. The molecule has 28 heavy (non-hydrogen) atoms. The lowest BCUT2D eigenvalue weighted by Crippen LogP contribution is -2.62. The van der Waals surface area contributed by atoms with Gasteiger partial charge in [-0.05, 0) is 37.0 Å². The fourth-order valence-electron chi connectivity index (χ4n) is 4.37. The highest BCUT2D eigenvalue weighted by Crippen LogP contribution is 2.38. The van der Waals surface area contributed by atoms with Crippen LogP contribution in [0.4, 0.5) is 4.39 Å². The molecule has 146 valence electrons. The molecule has 1 spiro atoms. The van der Waals surface area contributed by atoms with Crippen molar-refractivity contribution in [1.82, 2.24) is 10.2 Å². The van der Waals surface area contributed by atoms with Crippen LogP contribution in [0, 0.1) is 11.2 Å². The van der Waals surface area contributed by atoms with Crippen LogP contribution in [-0.2, 0) is 4.79 Å². The first-order valence-corrected chi connectivity index (χ1v) is 9.62. The second-order valence-corrected chi connectivity index (χ2v) is 7.57. The molecule has 0 aliphatic carbocycles. The van der Waals surface area contributed by atoms with Crippen LogP contribution in [-0.4, -0.2) is 47.6 Å². The summed E-state index contributed by atoms with van der Waals surface area (Å²) in [6, 6.07) is 13.3. The SMILES string of the molecule is O=C(c1ccccc1-c1ccccc1F)N1CC[C@H](O)[C@@]2(CCCNC2=O)C1. The Labute approximate surface area is 163 Å². The first kappa shape index (κ1) is 18.6. The van der Waals surface area contributed by atoms with E-state index in [1.54, 1.807) is 47.4 Å². The third kappa shape index (κ3) is 3.07. The number of aliphatic hydroxyl groups is 1. The molecule has 0 bridgehead atoms. The zero-order chi connectivity index (χ0) is 19.7. The Hall–Kier alpha value is -2.73. The maximum atomic E-state index is 14.3. The van der Waals surface area contributed by atoms with Gasteiger partial charge < -0.3 is 15.3 Å². The molecule has 2 aromatic carbocycles. The summed E-state index contributed by atoms with van der Waals surface area (Å²) < 4.78 is 14.3. The van der Waals surface area contributed by atoms with Gasteiger partial charge in [0, 0.05) is 30.8 Å². The van der Waals surface area contributed by atoms with Gasteiger partial charge in [-0.15, -0.1) is 0 Å². The van der Waals surface area contributed by atoms with Crippen LogP contribution in [0.3, 0.4) is 0 Å². The van der Waals surface area contributed by atoms with Crippen molar-refractivity contribution < 1.29 is 19.1 Å². The molecule has 2 amide bonds. The Kier molecular flexibility index (Phi) is 4.89. The van der Waals surface area contributed by atoms with E-state index < -0.39 is 11.5 Å². The van der Waals surface area contributed by atoms with Crippen molar-refractivity contribution in [1.29, 1.82) is 0 Å². The first-order valence-electron chi connectivity index (χ1n) is 9.62. The van der Waals surface area contributed by atoms with Crippen molar-refractivity contribution in [2.45, 2.75) is 25.4 Å². The molecule has 2 N–H and O–H groups in total. The van der Waals surface area contributed by atoms with E-state index in [4.69, 9.17) is 0 Å². The Morgan fingerprint density at radius 1 is 1.14 bits per heavy atom. The number of nitrogens with zero attached hydrogens (tertiary/aromatic N) is 1. The number of aliphatic hydroxyl groups excluding tert-OH is 1. The average Bonchev–Trinajstić information content (AvgIpc) is 2.72. The minimum absolute atomic E-state index is 0.171. The zero-order valence-corrected chi connectivity index (χ0v) is 15.5. The number of rotatable bonds is 2. The summed E-state index contributed by atoms with van der Waals surface area (Å²) in [5.41, 5.74) is 0.335. The lowest BCUT2D eigenvalue weighted by Gasteiger charge is -2.46. The van der Waals surface area contributed by atoms with Gasteiger partial charge in [-0.1, -0.05) is 36.4 Å². The van der Waals surface area contributed by atoms with E-state index in [0.717, 1.165) is 6.42 Å². The smallest absolute Gasteiger partial charge is 0.254 e. The number of nitrogens with one attached hydrogen (secondary N) is 1. The Morgan fingerprint density at radius 2 is 1.86 bits per heavy atom. The maximum Gasteiger partial charge on any atom is 0.254 e. The molecular formula is C22H23FN2O3. The predicted octanol–water partition coefficient (Wildman–Crippen LogP) is 2.60. The number of amides is 2. The average molecular weight is 382 g/mol. The second kappa shape index (κ2) is 7.36. The van der Waals surface area contributed by atoms with E-state index in [1.807, 2.05) is 0 Å². The summed E-state index contributed by atoms with van der Waals surface area (Å²) in [5, 5.41) is 13.4. The van der Waals surface area contributed by atoms with Gasteiger partial charge in [0.2, 0.25) is 5.91 Å². The lowest BCUT2D eigenvalue weighted by atomic mass is 9.71. The van der Waals surface area contributed by atoms with Crippen molar-refractivity contribution in [2.75, 3.05) is 19.6 Å². The van der Waals surface area contributed by atoms with Gasteiger partial charge in [-0.2, -0.15) is 0 Å². The van der Waals surface area contributed by atoms with E-state index in [-0.39, 0.29) is 24.2 Å². The van der Waals surface area contributed by atoms with Gasteiger partial charge in [-0.25, -0.2) is 4.39 Å². The number of halogens is 1. The highest BCUT2D eigenvalue weighted by molar-refractivity contribution is 6.01. The molecular weight excluding hydrogens is 359 g/mol. The Bertz CT molecular complexity index is 916. The fraction of sp³-hybridized carbons (Fsp3) is 0.364. The van der Waals surface area contributed by atoms with Crippen LogP contribution < -0.4 is 5.32 Å². The summed E-state index contributed by atoms with van der Waals surface area (Å²) in [7, 11) is 0. The summed E-state index contributed by atoms with van der Waals surface area (Å²) in [6.07, 6.45) is 0.912. The van der Waals surface area contributed by atoms with Gasteiger partial charge in [0.15, 0.2) is 0 Å². The van der Waals surface area contributed by atoms with Gasteiger partial charge in [0.1, 0.15) is 5.82 Å². The molecule has 2 aromatic rings. The van der Waals surface area contributed by atoms with Gasteiger partial charge in [0.05, 0.1) is 11.5 Å². The zero-order valence-electron chi connectivity index (χ0n) is 15.5. The van der Waals surface area contributed by atoms with Gasteiger partial charge in [0.25, 0.3) is 5.91 Å². The van der Waals surface area contributed by atoms with E-state index in [2.05, 4.69) is 5.32 Å². The number of benzene rings is 2. The van der Waals surface area contributed by atoms with Crippen molar-refractivity contribution in [3.05, 3.63) is 59.9 Å². The Morgan fingerprint density at radius 3 is 2.61 bits per heavy atom. The molecule has 2 aliphatic rings. The number of likely N-dealkylation sites (tertiary alicyclic amines) is 1. The van der Waals surface area contributed by atoms with Gasteiger partial charge >= 0.3 is 0 Å². The monoisotopic (exact) mass is 382 g/mol. The molecule has 0 unspecified atom stereocenters. The highest BCUT2D eigenvalue weighted by atomic mass is 19.1. The highest BCUT2D eigenvalue weighted by Gasteiger charge is 2.50. The fourth-order valence-corrected chi connectivity index (χ4v) is 4.37. The molecule has 0 aromatic heterocycles. The topological polar surface area (TPSA) is 69.6 Å². The normalized spacial score (nSPS) is 24.9. The third-order valence-electron chi connectivity index (χ3n) is 5.93. The molecule has 0 saturated carbocycles. The maximum absolute atomic E-state index is 14.3. The molecule has 2 fully saturated rings. The van der Waals surface area contributed by atoms with E-state index in [0.29, 0.717) is 42.6 Å². The predicted molar refractivity (Wildman–Crippen MR) is 103 cm³/mol. The van der Waals surface area contributed by atoms with Crippen molar-refractivity contribution in [2.24, 2.45) is 5.41 Å². The lowest BCUT2D eigenvalue weighted by molar-refractivity contribution is -0.147. The molecule has 4 rings (SSSR count). The summed E-state index contributed by atoms with van der Waals surface area (Å²) in [5.74, 6) is -0.824.